The summed E-state index contributed by atoms with van der Waals surface area (Å²) in [4.78, 5) is 166. The number of unbranched alkanes of at least 4 members (excludes halogenated alkanes) is 13. The fourth-order valence-corrected chi connectivity index (χ4v) is 13.9. The molecule has 1 aromatic heterocycles. The first-order valence-electron chi connectivity index (χ1n) is 40.0. The van der Waals surface area contributed by atoms with Crippen LogP contribution in [0.5, 0.6) is 0 Å². The molecular formula is C83H135N11O14S. The number of hydrogen-bond acceptors (Lipinski definition) is 16. The summed E-state index contributed by atoms with van der Waals surface area (Å²) in [6, 6.07) is 12.7. The lowest BCUT2D eigenvalue weighted by Crippen LogP contribution is -2.50. The van der Waals surface area contributed by atoms with Gasteiger partial charge in [-0.25, -0.2) is 0 Å². The number of amides is 6. The largest absolute Gasteiger partial charge is 0.481 e. The number of ketones is 5. The number of aliphatic carboxylic acids is 1. The number of nitrogens with two attached hydrogens (primary N) is 4. The summed E-state index contributed by atoms with van der Waals surface area (Å²) < 4.78 is 0. The predicted octanol–water partition coefficient (Wildman–Crippen LogP) is 10.0. The van der Waals surface area contributed by atoms with Gasteiger partial charge in [0.1, 0.15) is 11.8 Å². The summed E-state index contributed by atoms with van der Waals surface area (Å²) in [5, 5.41) is 34.6. The maximum atomic E-state index is 14.5. The van der Waals surface area contributed by atoms with Gasteiger partial charge in [0.05, 0.1) is 36.6 Å². The minimum atomic E-state index is -1.39. The fourth-order valence-electron chi connectivity index (χ4n) is 13.4. The van der Waals surface area contributed by atoms with Crippen LogP contribution in [0.2, 0.25) is 0 Å². The molecule has 0 radical (unpaired) electrons. The molecule has 0 saturated heterocycles. The standard InChI is InChI=1S/C44H63N5O6S.C39H72N6O8/c1-6-29(4)35(42(46)53)26-41(52)37(22-30-14-8-7-9-15-30)48-44(55)32(19-21-56-5)25-40(51)38(23-33-27-47-36-18-11-10-17-34(33)36)49-43(54)31(16-12-13-20-45)24-39(50)28(2)3;1-6-7-8-9-10-11-12-13-14-15-16-17-18-21-34(49)45-36(28(4)46)33(48)25-30(26-35(50)51)38(53)44-31(20-19-22-43-39(40)41)32(47)24-29(23-27(2)3)37(52)42-5/h7-11,14-15,17-18,27-29,31-32,35,37-38,47H,6,12-13,16,19-26,45H2,1-5H3,(H2,46,53)(H,48,55)(H,49,54);27-31,36,46H,6-26H2,1-5H3,(H,42,52)(H,44,53)(H,45,49)(H,50,51)(H4,40,41,43)/t29-,31+,32+,35-,37-,38-;28-,29-,30+,31+,36?/m01/s1. The number of carboxylic acid groups (broad SMARTS) is 1. The monoisotopic (exact) mass is 1540 g/mol. The van der Waals surface area contributed by atoms with E-state index in [0.717, 1.165) is 41.3 Å². The number of primary amides is 1. The number of guanidine groups is 1. The van der Waals surface area contributed by atoms with E-state index < -0.39 is 114 Å². The molecule has 26 heteroatoms. The Kier molecular flexibility index (Phi) is 49.5. The average Bonchev–Trinajstić information content (AvgIpc) is 1.74. The van der Waals surface area contributed by atoms with E-state index in [2.05, 4.69) is 43.5 Å². The van der Waals surface area contributed by atoms with Crippen molar-refractivity contribution in [1.29, 1.82) is 0 Å². The molecule has 3 rings (SSSR count). The lowest BCUT2D eigenvalue weighted by atomic mass is 9.84. The van der Waals surface area contributed by atoms with Crippen molar-refractivity contribution in [3.8, 4) is 0 Å². The minimum Gasteiger partial charge on any atom is -0.481 e. The Labute approximate surface area is 652 Å². The number of nitrogens with one attached hydrogen (secondary N) is 6. The third-order valence-corrected chi connectivity index (χ3v) is 20.9. The number of carboxylic acids is 1. The van der Waals surface area contributed by atoms with Gasteiger partial charge in [0, 0.05) is 105 Å². The van der Waals surface area contributed by atoms with Crippen LogP contribution in [0, 0.1) is 47.3 Å². The van der Waals surface area contributed by atoms with Crippen molar-refractivity contribution in [3.63, 3.8) is 0 Å². The Balaban J connectivity index is 0.000000742. The fraction of sp³-hybridized carbons (Fsp3) is 0.675. The highest BCUT2D eigenvalue weighted by molar-refractivity contribution is 7.98. The number of aromatic amines is 1. The molecule has 11 atom stereocenters. The lowest BCUT2D eigenvalue weighted by molar-refractivity contribution is -0.143. The number of aliphatic imine (C=N–C) groups is 1. The Hall–Kier alpha value is -7.84. The summed E-state index contributed by atoms with van der Waals surface area (Å²) in [6.45, 7) is 15.5. The number of nitrogens with zero attached hydrogens (tertiary/aromatic N) is 1. The number of carbonyl (C=O) groups excluding carboxylic acids is 11. The van der Waals surface area contributed by atoms with Gasteiger partial charge in [0.25, 0.3) is 0 Å². The summed E-state index contributed by atoms with van der Waals surface area (Å²) in [5.41, 5.74) is 24.8. The van der Waals surface area contributed by atoms with E-state index in [9.17, 15) is 67.7 Å². The van der Waals surface area contributed by atoms with Crippen molar-refractivity contribution in [3.05, 3.63) is 71.9 Å². The molecule has 1 heterocycles. The van der Waals surface area contributed by atoms with Crippen LogP contribution in [-0.2, 0) is 70.4 Å². The Morgan fingerprint density at radius 3 is 1.61 bits per heavy atom. The number of fused-ring (bicyclic) bond motifs is 1. The SMILES string of the molecule is CCCCCCCCCCCCCCCC(=O)NC(C(=O)C[C@@H](CC(=O)O)C(=O)N[C@@H](CCCN=C(N)N)C(=O)C[C@@H](CC(C)C)C(=O)NC)[C@@H](C)O.CC[C@H](C)[C@H](CC(=O)[C@H](Cc1ccccc1)NC(=O)[C@H](CCSC)CC(=O)[C@H](Cc1c[nH]c2ccccc12)NC(=O)[C@H](CCCCN)CC(=O)C(C)C)C(N)=O. The van der Waals surface area contributed by atoms with Gasteiger partial charge in [-0.3, -0.25) is 62.5 Å². The number of para-hydroxylation sites is 1. The molecule has 0 spiro atoms. The number of hydrogen-bond donors (Lipinski definition) is 12. The summed E-state index contributed by atoms with van der Waals surface area (Å²) in [7, 11) is 1.48. The zero-order valence-corrected chi connectivity index (χ0v) is 67.9. The number of aromatic nitrogens is 1. The molecule has 0 saturated carbocycles. The molecule has 16 N–H and O–H groups in total. The first-order chi connectivity index (χ1) is 51.9. The molecule has 6 amide bonds. The Morgan fingerprint density at radius 1 is 0.541 bits per heavy atom. The summed E-state index contributed by atoms with van der Waals surface area (Å²) >= 11 is 1.54. The zero-order valence-electron chi connectivity index (χ0n) is 67.1. The second-order valence-corrected chi connectivity index (χ2v) is 31.2. The molecule has 3 aromatic rings. The van der Waals surface area contributed by atoms with Crippen LogP contribution >= 0.6 is 11.8 Å². The molecule has 0 bridgehead atoms. The smallest absolute Gasteiger partial charge is 0.304 e. The van der Waals surface area contributed by atoms with Crippen molar-refractivity contribution in [2.45, 2.75) is 278 Å². The summed E-state index contributed by atoms with van der Waals surface area (Å²) in [5.74, 6) is -10.0. The molecule has 2 aromatic carbocycles. The van der Waals surface area contributed by atoms with Crippen LogP contribution in [0.1, 0.15) is 246 Å². The van der Waals surface area contributed by atoms with Gasteiger partial charge in [-0.2, -0.15) is 11.8 Å². The molecule has 25 nitrogen and oxygen atoms in total. The summed E-state index contributed by atoms with van der Waals surface area (Å²) in [6.07, 6.45) is 20.1. The van der Waals surface area contributed by atoms with Crippen molar-refractivity contribution in [1.82, 2.24) is 31.6 Å². The minimum absolute atomic E-state index is 0.0305. The number of aliphatic hydroxyl groups excluding tert-OH is 1. The quantitative estimate of drug-likeness (QED) is 0.0142. The number of rotatable bonds is 60. The number of benzene rings is 2. The topological polar surface area (TPSA) is 438 Å². The van der Waals surface area contributed by atoms with E-state index in [-0.39, 0.29) is 111 Å². The Bertz CT molecular complexity index is 3280. The van der Waals surface area contributed by atoms with Crippen molar-refractivity contribution < 1.29 is 67.7 Å². The van der Waals surface area contributed by atoms with Crippen LogP contribution in [0.25, 0.3) is 10.9 Å². The highest BCUT2D eigenvalue weighted by Crippen LogP contribution is 2.27. The highest BCUT2D eigenvalue weighted by Gasteiger charge is 2.37. The Morgan fingerprint density at radius 2 is 1.06 bits per heavy atom. The molecule has 0 fully saturated rings. The van der Waals surface area contributed by atoms with Crippen LogP contribution in [0.3, 0.4) is 0 Å². The third kappa shape index (κ3) is 40.1. The first kappa shape index (κ1) is 97.2. The van der Waals surface area contributed by atoms with E-state index in [0.29, 0.717) is 63.7 Å². The van der Waals surface area contributed by atoms with Gasteiger partial charge in [0.15, 0.2) is 29.1 Å². The van der Waals surface area contributed by atoms with Gasteiger partial charge in [0.2, 0.25) is 35.4 Å². The number of carbonyl (C=O) groups is 12. The van der Waals surface area contributed by atoms with E-state index in [1.54, 1.807) is 25.6 Å². The zero-order chi connectivity index (χ0) is 81.4. The van der Waals surface area contributed by atoms with E-state index in [1.807, 2.05) is 94.7 Å². The maximum Gasteiger partial charge on any atom is 0.304 e. The molecule has 612 valence electrons. The number of thioether (sulfide) groups is 1. The second kappa shape index (κ2) is 55.5. The van der Waals surface area contributed by atoms with Crippen LogP contribution in [0.4, 0.5) is 0 Å². The lowest BCUT2D eigenvalue weighted by Gasteiger charge is -2.26. The van der Waals surface area contributed by atoms with Gasteiger partial charge >= 0.3 is 5.97 Å². The predicted molar refractivity (Wildman–Crippen MR) is 433 cm³/mol. The van der Waals surface area contributed by atoms with Crippen LogP contribution in [-0.4, -0.2) is 154 Å². The van der Waals surface area contributed by atoms with Crippen molar-refractivity contribution in [2.24, 2.45) is 75.3 Å². The number of aliphatic hydroxyl groups is 1. The van der Waals surface area contributed by atoms with Crippen molar-refractivity contribution >= 4 is 99.0 Å². The highest BCUT2D eigenvalue weighted by atomic mass is 32.2. The van der Waals surface area contributed by atoms with Gasteiger partial charge in [-0.05, 0) is 106 Å². The van der Waals surface area contributed by atoms with E-state index in [4.69, 9.17) is 22.9 Å². The van der Waals surface area contributed by atoms with E-state index >= 15 is 0 Å². The third-order valence-electron chi connectivity index (χ3n) is 20.2. The van der Waals surface area contributed by atoms with Gasteiger partial charge in [-0.1, -0.05) is 187 Å². The van der Waals surface area contributed by atoms with Crippen molar-refractivity contribution in [2.75, 3.05) is 32.1 Å². The molecule has 109 heavy (non-hydrogen) atoms. The van der Waals surface area contributed by atoms with Crippen LogP contribution < -0.4 is 49.5 Å². The maximum absolute atomic E-state index is 14.5. The number of H-pyrrole nitrogens is 1. The normalized spacial score (nSPS) is 14.4. The molecule has 0 aliphatic heterocycles. The first-order valence-corrected chi connectivity index (χ1v) is 41.4. The molecule has 0 aliphatic carbocycles. The van der Waals surface area contributed by atoms with Gasteiger partial charge < -0.3 is 64.7 Å². The van der Waals surface area contributed by atoms with Crippen LogP contribution in [0.15, 0.2) is 65.8 Å². The molecule has 0 aliphatic rings. The molecule has 1 unspecified atom stereocenters. The molecular weight excluding hydrogens is 1410 g/mol. The van der Waals surface area contributed by atoms with E-state index in [1.165, 1.54) is 71.8 Å². The second-order valence-electron chi connectivity index (χ2n) is 30.3. The number of Topliss-reactive ketones (excluding diaryl/α,β-unsaturated/α-hetero) is 5. The van der Waals surface area contributed by atoms with Gasteiger partial charge in [-0.15, -0.1) is 0 Å². The average molecular weight is 1540 g/mol.